The van der Waals surface area contributed by atoms with E-state index in [0.717, 1.165) is 0 Å². The predicted molar refractivity (Wildman–Crippen MR) is 101 cm³/mol. The smallest absolute Gasteiger partial charge is 0.229 e. The first-order chi connectivity index (χ1) is 12.3. The van der Waals surface area contributed by atoms with Gasteiger partial charge in [0.1, 0.15) is 5.82 Å². The SMILES string of the molecule is CC(C)(C)c1ccc(NC(=O)[C@@H]2CC(=O)N(c3ccccc3F)C2)cc1. The van der Waals surface area contributed by atoms with Crippen LogP contribution in [0.2, 0.25) is 0 Å². The van der Waals surface area contributed by atoms with Crippen molar-refractivity contribution in [1.29, 1.82) is 0 Å². The topological polar surface area (TPSA) is 49.4 Å². The van der Waals surface area contributed by atoms with E-state index in [1.807, 2.05) is 24.3 Å². The van der Waals surface area contributed by atoms with Crippen molar-refractivity contribution in [2.45, 2.75) is 32.6 Å². The van der Waals surface area contributed by atoms with Gasteiger partial charge in [-0.25, -0.2) is 4.39 Å². The normalized spacial score (nSPS) is 17.5. The number of nitrogens with one attached hydrogen (secondary N) is 1. The number of hydrogen-bond acceptors (Lipinski definition) is 2. The Bertz CT molecular complexity index is 825. The summed E-state index contributed by atoms with van der Waals surface area (Å²) in [6, 6.07) is 13.8. The molecule has 1 N–H and O–H groups in total. The Morgan fingerprint density at radius 1 is 1.12 bits per heavy atom. The molecule has 0 unspecified atom stereocenters. The Morgan fingerprint density at radius 3 is 2.38 bits per heavy atom. The van der Waals surface area contributed by atoms with Gasteiger partial charge in [-0.15, -0.1) is 0 Å². The molecule has 0 saturated carbocycles. The lowest BCUT2D eigenvalue weighted by atomic mass is 9.87. The van der Waals surface area contributed by atoms with Crippen LogP contribution < -0.4 is 10.2 Å². The lowest BCUT2D eigenvalue weighted by molar-refractivity contribution is -0.122. The number of hydrogen-bond donors (Lipinski definition) is 1. The van der Waals surface area contributed by atoms with E-state index in [4.69, 9.17) is 0 Å². The molecule has 2 amide bonds. The minimum absolute atomic E-state index is 0.0423. The summed E-state index contributed by atoms with van der Waals surface area (Å²) in [5, 5.41) is 2.86. The standard InChI is InChI=1S/C21H23FN2O2/c1-21(2,3)15-8-10-16(11-9-15)23-20(26)14-12-19(25)24(13-14)18-7-5-4-6-17(18)22/h4-11,14H,12-13H2,1-3H3,(H,23,26)/t14-/m1/s1. The van der Waals surface area contributed by atoms with Gasteiger partial charge in [-0.05, 0) is 35.2 Å². The summed E-state index contributed by atoms with van der Waals surface area (Å²) in [4.78, 5) is 26.1. The molecule has 136 valence electrons. The van der Waals surface area contributed by atoms with Crippen molar-refractivity contribution in [2.75, 3.05) is 16.8 Å². The van der Waals surface area contributed by atoms with Gasteiger partial charge in [-0.1, -0.05) is 45.0 Å². The molecule has 1 heterocycles. The molecule has 5 heteroatoms. The molecule has 26 heavy (non-hydrogen) atoms. The molecule has 0 spiro atoms. The van der Waals surface area contributed by atoms with Crippen molar-refractivity contribution in [3.63, 3.8) is 0 Å². The van der Waals surface area contributed by atoms with Gasteiger partial charge in [0.2, 0.25) is 11.8 Å². The number of carbonyl (C=O) groups excluding carboxylic acids is 2. The fourth-order valence-corrected chi connectivity index (χ4v) is 3.08. The number of carbonyl (C=O) groups is 2. The van der Waals surface area contributed by atoms with Gasteiger partial charge in [-0.3, -0.25) is 9.59 Å². The maximum Gasteiger partial charge on any atom is 0.229 e. The first-order valence-corrected chi connectivity index (χ1v) is 8.72. The van der Waals surface area contributed by atoms with Crippen LogP contribution in [0.1, 0.15) is 32.8 Å². The van der Waals surface area contributed by atoms with E-state index in [1.165, 1.54) is 16.5 Å². The maximum atomic E-state index is 13.9. The van der Waals surface area contributed by atoms with E-state index < -0.39 is 11.7 Å². The lowest BCUT2D eigenvalue weighted by Crippen LogP contribution is -2.28. The van der Waals surface area contributed by atoms with Crippen LogP contribution in [0.4, 0.5) is 15.8 Å². The van der Waals surface area contributed by atoms with E-state index >= 15 is 0 Å². The second-order valence-corrected chi connectivity index (χ2v) is 7.67. The minimum Gasteiger partial charge on any atom is -0.326 e. The van der Waals surface area contributed by atoms with Crippen LogP contribution in [0.25, 0.3) is 0 Å². The van der Waals surface area contributed by atoms with Crippen LogP contribution in [0.15, 0.2) is 48.5 Å². The van der Waals surface area contributed by atoms with E-state index in [1.54, 1.807) is 18.2 Å². The third-order valence-electron chi connectivity index (χ3n) is 4.66. The number of benzene rings is 2. The van der Waals surface area contributed by atoms with Gasteiger partial charge in [0.25, 0.3) is 0 Å². The molecule has 0 radical (unpaired) electrons. The minimum atomic E-state index is -0.496. The van der Waals surface area contributed by atoms with Crippen LogP contribution in [-0.2, 0) is 15.0 Å². The lowest BCUT2D eigenvalue weighted by Gasteiger charge is -2.19. The molecular weight excluding hydrogens is 331 g/mol. The Balaban J connectivity index is 1.68. The monoisotopic (exact) mass is 354 g/mol. The van der Waals surface area contributed by atoms with E-state index in [2.05, 4.69) is 26.1 Å². The Labute approximate surface area is 153 Å². The van der Waals surface area contributed by atoms with Crippen LogP contribution in [0.5, 0.6) is 0 Å². The molecular formula is C21H23FN2O2. The molecule has 4 nitrogen and oxygen atoms in total. The number of halogens is 1. The quantitative estimate of drug-likeness (QED) is 0.902. The number of rotatable bonds is 3. The number of nitrogens with zero attached hydrogens (tertiary/aromatic N) is 1. The molecule has 2 aromatic rings. The molecule has 0 aromatic heterocycles. The van der Waals surface area contributed by atoms with Crippen molar-refractivity contribution in [3.8, 4) is 0 Å². The largest absolute Gasteiger partial charge is 0.326 e. The third kappa shape index (κ3) is 3.77. The fourth-order valence-electron chi connectivity index (χ4n) is 3.08. The summed E-state index contributed by atoms with van der Waals surface area (Å²) in [6.45, 7) is 6.57. The predicted octanol–water partition coefficient (Wildman–Crippen LogP) is 4.11. The highest BCUT2D eigenvalue weighted by atomic mass is 19.1. The zero-order valence-electron chi connectivity index (χ0n) is 15.3. The molecule has 0 bridgehead atoms. The van der Waals surface area contributed by atoms with Crippen molar-refractivity contribution in [1.82, 2.24) is 0 Å². The average molecular weight is 354 g/mol. The highest BCUT2D eigenvalue weighted by molar-refractivity contribution is 6.03. The second kappa shape index (κ2) is 6.90. The van der Waals surface area contributed by atoms with Crippen molar-refractivity contribution in [3.05, 3.63) is 59.9 Å². The molecule has 0 aliphatic carbocycles. The number of anilines is 2. The van der Waals surface area contributed by atoms with Gasteiger partial charge < -0.3 is 10.2 Å². The molecule has 3 rings (SSSR count). The molecule has 1 atom stereocenters. The van der Waals surface area contributed by atoms with Crippen LogP contribution in [-0.4, -0.2) is 18.4 Å². The zero-order valence-corrected chi connectivity index (χ0v) is 15.3. The van der Waals surface area contributed by atoms with Gasteiger partial charge in [0.05, 0.1) is 11.6 Å². The molecule has 2 aromatic carbocycles. The Morgan fingerprint density at radius 2 is 1.77 bits per heavy atom. The van der Waals surface area contributed by atoms with Crippen molar-refractivity contribution in [2.24, 2.45) is 5.92 Å². The van der Waals surface area contributed by atoms with Gasteiger partial charge >= 0.3 is 0 Å². The first kappa shape index (κ1) is 18.1. The van der Waals surface area contributed by atoms with Crippen molar-refractivity contribution < 1.29 is 14.0 Å². The fraction of sp³-hybridized carbons (Fsp3) is 0.333. The molecule has 1 saturated heterocycles. The summed E-state index contributed by atoms with van der Waals surface area (Å²) in [6.07, 6.45) is 0.0836. The summed E-state index contributed by atoms with van der Waals surface area (Å²) < 4.78 is 13.9. The molecule has 1 aliphatic rings. The highest BCUT2D eigenvalue weighted by Crippen LogP contribution is 2.28. The molecule has 1 aliphatic heterocycles. The first-order valence-electron chi connectivity index (χ1n) is 8.72. The van der Waals surface area contributed by atoms with Gasteiger partial charge in [0, 0.05) is 18.7 Å². The average Bonchev–Trinajstić information content (AvgIpc) is 2.97. The second-order valence-electron chi connectivity index (χ2n) is 7.67. The van der Waals surface area contributed by atoms with Crippen LogP contribution >= 0.6 is 0 Å². The van der Waals surface area contributed by atoms with Gasteiger partial charge in [-0.2, -0.15) is 0 Å². The van der Waals surface area contributed by atoms with Gasteiger partial charge in [0.15, 0.2) is 0 Å². The van der Waals surface area contributed by atoms with E-state index in [-0.39, 0.29) is 35.9 Å². The van der Waals surface area contributed by atoms with Crippen LogP contribution in [0.3, 0.4) is 0 Å². The van der Waals surface area contributed by atoms with Crippen LogP contribution in [0, 0.1) is 11.7 Å². The summed E-state index contributed by atoms with van der Waals surface area (Å²) >= 11 is 0. The summed E-state index contributed by atoms with van der Waals surface area (Å²) in [5.74, 6) is -1.41. The van der Waals surface area contributed by atoms with E-state index in [9.17, 15) is 14.0 Å². The molecule has 1 fully saturated rings. The summed E-state index contributed by atoms with van der Waals surface area (Å²) in [5.41, 5.74) is 2.14. The number of para-hydroxylation sites is 1. The van der Waals surface area contributed by atoms with Crippen molar-refractivity contribution >= 4 is 23.2 Å². The zero-order chi connectivity index (χ0) is 18.9. The number of amides is 2. The highest BCUT2D eigenvalue weighted by Gasteiger charge is 2.36. The maximum absolute atomic E-state index is 13.9. The Kier molecular flexibility index (Phi) is 4.81. The van der Waals surface area contributed by atoms with E-state index in [0.29, 0.717) is 5.69 Å². The Hall–Kier alpha value is -2.69. The third-order valence-corrected chi connectivity index (χ3v) is 4.66. The summed E-state index contributed by atoms with van der Waals surface area (Å²) in [7, 11) is 0.